The average molecular weight is 360 g/mol. The van der Waals surface area contributed by atoms with Gasteiger partial charge < -0.3 is 10.7 Å². The van der Waals surface area contributed by atoms with Gasteiger partial charge in [-0.05, 0) is 42.3 Å². The van der Waals surface area contributed by atoms with Gasteiger partial charge in [-0.1, -0.05) is 18.2 Å². The molecule has 0 fully saturated rings. The van der Waals surface area contributed by atoms with Crippen molar-refractivity contribution in [1.29, 1.82) is 0 Å². The highest BCUT2D eigenvalue weighted by Gasteiger charge is 2.13. The number of nitrogens with zero attached hydrogens (tertiary/aromatic N) is 2. The van der Waals surface area contributed by atoms with Crippen molar-refractivity contribution in [2.24, 2.45) is 5.73 Å². The van der Waals surface area contributed by atoms with Crippen molar-refractivity contribution < 1.29 is 9.18 Å². The molecule has 1 amide bonds. The number of amides is 1. The Balaban J connectivity index is 1.69. The van der Waals surface area contributed by atoms with Crippen molar-refractivity contribution in [2.75, 3.05) is 0 Å². The summed E-state index contributed by atoms with van der Waals surface area (Å²) in [5.41, 5.74) is 9.78. The molecule has 2 aromatic heterocycles. The van der Waals surface area contributed by atoms with Gasteiger partial charge in [0.05, 0.1) is 11.3 Å². The maximum atomic E-state index is 14.2. The summed E-state index contributed by atoms with van der Waals surface area (Å²) in [4.78, 5) is 22.8. The molecule has 6 heteroatoms. The molecule has 0 unspecified atom stereocenters. The maximum absolute atomic E-state index is 14.2. The van der Waals surface area contributed by atoms with E-state index in [1.807, 2.05) is 25.1 Å². The second kappa shape index (κ2) is 6.64. The number of aromatic nitrogens is 3. The standard InChI is InChI=1S/C21H17FN4O/c1-12-16-8-13(9-19-24-10-14(11-25-19)21(23)27)6-7-18(16)26-20(12)15-4-2-3-5-17(15)22/h2-8,10-11,26H,9H2,1H3,(H2,23,27). The molecule has 0 radical (unpaired) electrons. The van der Waals surface area contributed by atoms with Crippen LogP contribution in [0.5, 0.6) is 0 Å². The molecule has 4 rings (SSSR count). The third kappa shape index (κ3) is 3.17. The maximum Gasteiger partial charge on any atom is 0.251 e. The number of hydrogen-bond acceptors (Lipinski definition) is 3. The van der Waals surface area contributed by atoms with Crippen LogP contribution in [0.1, 0.15) is 27.3 Å². The van der Waals surface area contributed by atoms with Crippen molar-refractivity contribution in [3.8, 4) is 11.3 Å². The van der Waals surface area contributed by atoms with Gasteiger partial charge in [0.1, 0.15) is 11.6 Å². The largest absolute Gasteiger partial charge is 0.366 e. The summed E-state index contributed by atoms with van der Waals surface area (Å²) < 4.78 is 14.2. The summed E-state index contributed by atoms with van der Waals surface area (Å²) in [5, 5.41) is 1.03. The minimum Gasteiger partial charge on any atom is -0.366 e. The molecule has 0 aliphatic carbocycles. The van der Waals surface area contributed by atoms with Gasteiger partial charge in [0.2, 0.25) is 0 Å². The summed E-state index contributed by atoms with van der Waals surface area (Å²) in [6.45, 7) is 1.97. The summed E-state index contributed by atoms with van der Waals surface area (Å²) in [6.07, 6.45) is 3.39. The molecule has 0 atom stereocenters. The van der Waals surface area contributed by atoms with Gasteiger partial charge in [0.25, 0.3) is 5.91 Å². The fraction of sp³-hybridized carbons (Fsp3) is 0.0952. The Morgan fingerprint density at radius 2 is 1.89 bits per heavy atom. The van der Waals surface area contributed by atoms with E-state index in [9.17, 15) is 9.18 Å². The molecule has 4 aromatic rings. The average Bonchev–Trinajstić information content (AvgIpc) is 2.99. The van der Waals surface area contributed by atoms with E-state index in [1.165, 1.54) is 18.5 Å². The van der Waals surface area contributed by atoms with E-state index in [2.05, 4.69) is 21.0 Å². The molecule has 0 bridgehead atoms. The van der Waals surface area contributed by atoms with Gasteiger partial charge in [-0.3, -0.25) is 4.79 Å². The van der Waals surface area contributed by atoms with Crippen LogP contribution in [0.4, 0.5) is 4.39 Å². The number of H-pyrrole nitrogens is 1. The van der Waals surface area contributed by atoms with Gasteiger partial charge in [-0.25, -0.2) is 14.4 Å². The van der Waals surface area contributed by atoms with Gasteiger partial charge in [0.15, 0.2) is 0 Å². The van der Waals surface area contributed by atoms with Crippen LogP contribution in [0.15, 0.2) is 54.9 Å². The van der Waals surface area contributed by atoms with E-state index in [-0.39, 0.29) is 11.4 Å². The third-order valence-corrected chi connectivity index (χ3v) is 4.62. The van der Waals surface area contributed by atoms with Crippen molar-refractivity contribution in [3.63, 3.8) is 0 Å². The van der Waals surface area contributed by atoms with E-state index >= 15 is 0 Å². The summed E-state index contributed by atoms with van der Waals surface area (Å²) in [7, 11) is 0. The molecule has 3 N–H and O–H groups in total. The Hall–Kier alpha value is -3.54. The van der Waals surface area contributed by atoms with Gasteiger partial charge in [0, 0.05) is 35.3 Å². The second-order valence-electron chi connectivity index (χ2n) is 6.41. The van der Waals surface area contributed by atoms with Crippen LogP contribution >= 0.6 is 0 Å². The highest BCUT2D eigenvalue weighted by atomic mass is 19.1. The van der Waals surface area contributed by atoms with Gasteiger partial charge in [-0.2, -0.15) is 0 Å². The number of nitrogens with two attached hydrogens (primary N) is 1. The van der Waals surface area contributed by atoms with E-state index in [0.29, 0.717) is 17.8 Å². The zero-order valence-electron chi connectivity index (χ0n) is 14.7. The first kappa shape index (κ1) is 16.9. The molecule has 2 aromatic carbocycles. The fourth-order valence-corrected chi connectivity index (χ4v) is 3.17. The molecule has 5 nitrogen and oxygen atoms in total. The molecule has 0 aliphatic heterocycles. The van der Waals surface area contributed by atoms with Gasteiger partial charge in [-0.15, -0.1) is 0 Å². The number of aromatic amines is 1. The summed E-state index contributed by atoms with van der Waals surface area (Å²) >= 11 is 0. The lowest BCUT2D eigenvalue weighted by Crippen LogP contribution is -2.12. The SMILES string of the molecule is Cc1c(-c2ccccc2F)[nH]c2ccc(Cc3ncc(C(N)=O)cn3)cc12. The lowest BCUT2D eigenvalue weighted by molar-refractivity contribution is 0.0999. The van der Waals surface area contributed by atoms with Crippen LogP contribution in [-0.4, -0.2) is 20.9 Å². The number of fused-ring (bicyclic) bond motifs is 1. The molecule has 0 saturated carbocycles. The highest BCUT2D eigenvalue weighted by Crippen LogP contribution is 2.31. The van der Waals surface area contributed by atoms with Crippen LogP contribution in [0, 0.1) is 12.7 Å². The van der Waals surface area contributed by atoms with E-state index < -0.39 is 5.91 Å². The molecule has 0 spiro atoms. The first-order valence-electron chi connectivity index (χ1n) is 8.50. The minimum atomic E-state index is -0.549. The smallest absolute Gasteiger partial charge is 0.251 e. The molecule has 0 aliphatic rings. The lowest BCUT2D eigenvalue weighted by Gasteiger charge is -2.03. The second-order valence-corrected chi connectivity index (χ2v) is 6.41. The Morgan fingerprint density at radius 3 is 2.59 bits per heavy atom. The molecule has 134 valence electrons. The van der Waals surface area contributed by atoms with Crippen LogP contribution in [0.2, 0.25) is 0 Å². The Labute approximate surface area is 155 Å². The van der Waals surface area contributed by atoms with Crippen molar-refractivity contribution >= 4 is 16.8 Å². The van der Waals surface area contributed by atoms with E-state index in [4.69, 9.17) is 5.73 Å². The molecule has 0 saturated heterocycles. The normalized spacial score (nSPS) is 11.0. The number of halogens is 1. The monoisotopic (exact) mass is 360 g/mol. The molecular formula is C21H17FN4O. The number of benzene rings is 2. The minimum absolute atomic E-state index is 0.254. The number of nitrogens with one attached hydrogen (secondary N) is 1. The molecular weight excluding hydrogens is 343 g/mol. The first-order chi connectivity index (χ1) is 13.0. The Bertz CT molecular complexity index is 1150. The fourth-order valence-electron chi connectivity index (χ4n) is 3.17. The lowest BCUT2D eigenvalue weighted by atomic mass is 10.0. The summed E-state index contributed by atoms with van der Waals surface area (Å²) in [6, 6.07) is 12.7. The van der Waals surface area contributed by atoms with Crippen LogP contribution in [0.3, 0.4) is 0 Å². The van der Waals surface area contributed by atoms with E-state index in [1.54, 1.807) is 12.1 Å². The van der Waals surface area contributed by atoms with Crippen LogP contribution < -0.4 is 5.73 Å². The van der Waals surface area contributed by atoms with Gasteiger partial charge >= 0.3 is 0 Å². The molecule has 27 heavy (non-hydrogen) atoms. The molecule has 2 heterocycles. The number of primary amides is 1. The predicted octanol–water partition coefficient (Wildman–Crippen LogP) is 3.76. The van der Waals surface area contributed by atoms with Crippen molar-refractivity contribution in [3.05, 3.63) is 83.2 Å². The van der Waals surface area contributed by atoms with Crippen molar-refractivity contribution in [2.45, 2.75) is 13.3 Å². The Morgan fingerprint density at radius 1 is 1.15 bits per heavy atom. The summed E-state index contributed by atoms with van der Waals surface area (Å²) in [5.74, 6) is -0.205. The zero-order chi connectivity index (χ0) is 19.0. The number of carbonyl (C=O) groups excluding carboxylic acids is 1. The topological polar surface area (TPSA) is 84.7 Å². The number of carbonyl (C=O) groups is 1. The predicted molar refractivity (Wildman–Crippen MR) is 102 cm³/mol. The number of aryl methyl sites for hydroxylation is 1. The number of rotatable bonds is 4. The third-order valence-electron chi connectivity index (χ3n) is 4.62. The van der Waals surface area contributed by atoms with Crippen molar-refractivity contribution in [1.82, 2.24) is 15.0 Å². The zero-order valence-corrected chi connectivity index (χ0v) is 14.7. The van der Waals surface area contributed by atoms with Crippen LogP contribution in [0.25, 0.3) is 22.2 Å². The van der Waals surface area contributed by atoms with Crippen LogP contribution in [-0.2, 0) is 6.42 Å². The number of hydrogen-bond donors (Lipinski definition) is 2. The first-order valence-corrected chi connectivity index (χ1v) is 8.50. The Kier molecular flexibility index (Phi) is 4.16. The van der Waals surface area contributed by atoms with E-state index in [0.717, 1.165) is 27.7 Å². The highest BCUT2D eigenvalue weighted by molar-refractivity contribution is 5.92. The quantitative estimate of drug-likeness (QED) is 0.581.